The van der Waals surface area contributed by atoms with Crippen molar-refractivity contribution < 1.29 is 14.5 Å². The average molecular weight is 587 g/mol. The fraction of sp³-hybridized carbons (Fsp3) is 0.263. The number of anilines is 3. The van der Waals surface area contributed by atoms with Crippen molar-refractivity contribution >= 4 is 47.3 Å². The van der Waals surface area contributed by atoms with E-state index in [2.05, 4.69) is 112 Å². The fourth-order valence-corrected chi connectivity index (χ4v) is 5.76. The second kappa shape index (κ2) is 15.1. The topological polar surface area (TPSA) is 76.5 Å². The van der Waals surface area contributed by atoms with Gasteiger partial charge in [0, 0.05) is 67.5 Å². The van der Waals surface area contributed by atoms with Gasteiger partial charge >= 0.3 is 0 Å². The van der Waals surface area contributed by atoms with Gasteiger partial charge in [-0.15, -0.1) is 0 Å². The van der Waals surface area contributed by atoms with Gasteiger partial charge in [0.25, 0.3) is 0 Å². The van der Waals surface area contributed by atoms with Crippen LogP contribution in [0.3, 0.4) is 0 Å². The standard InChI is InChI=1S/C31H36N3.C7H7NO2/c1-2-34-30(20-14-26-10-16-28(17-11-26)32-22-3-4-23-32)8-7-9-31(34)21-15-27-12-18-29(19-13-27)33-24-5-6-25-33;8-6-3-1-5(2-4-6)7(9)10/h7-21H,2-6,22-25H2,1H3;1-4H,8H2,(H,9,10)/q+1;/p-1. The molecule has 226 valence electrons. The summed E-state index contributed by atoms with van der Waals surface area (Å²) < 4.78 is 2.37. The maximum atomic E-state index is 10.2. The minimum atomic E-state index is -1.18. The highest BCUT2D eigenvalue weighted by atomic mass is 16.4. The summed E-state index contributed by atoms with van der Waals surface area (Å²) in [6, 6.07) is 30.4. The van der Waals surface area contributed by atoms with E-state index in [4.69, 9.17) is 5.73 Å². The lowest BCUT2D eigenvalue weighted by atomic mass is 10.1. The number of carbonyl (C=O) groups is 1. The number of nitrogens with two attached hydrogens (primary N) is 1. The Morgan fingerprint density at radius 1 is 0.682 bits per heavy atom. The molecule has 0 amide bonds. The molecule has 2 saturated heterocycles. The van der Waals surface area contributed by atoms with E-state index in [0.29, 0.717) is 5.69 Å². The number of benzene rings is 3. The molecule has 0 radical (unpaired) electrons. The van der Waals surface area contributed by atoms with Crippen LogP contribution in [0, 0.1) is 0 Å². The minimum absolute atomic E-state index is 0.147. The van der Waals surface area contributed by atoms with Crippen LogP contribution >= 0.6 is 0 Å². The van der Waals surface area contributed by atoms with Gasteiger partial charge in [-0.1, -0.05) is 36.4 Å². The van der Waals surface area contributed by atoms with Crippen LogP contribution in [-0.4, -0.2) is 32.1 Å². The largest absolute Gasteiger partial charge is 0.545 e. The number of hydrogen-bond donors (Lipinski definition) is 1. The lowest BCUT2D eigenvalue weighted by Gasteiger charge is -2.17. The molecule has 6 nitrogen and oxygen atoms in total. The third-order valence-electron chi connectivity index (χ3n) is 8.24. The molecule has 44 heavy (non-hydrogen) atoms. The predicted octanol–water partition coefficient (Wildman–Crippen LogP) is 6.17. The van der Waals surface area contributed by atoms with Crippen molar-refractivity contribution in [3.8, 4) is 0 Å². The quantitative estimate of drug-likeness (QED) is 0.198. The number of pyridine rings is 1. The Kier molecular flexibility index (Phi) is 10.5. The number of carbonyl (C=O) groups excluding carboxylic acids is 1. The molecule has 0 atom stereocenters. The van der Waals surface area contributed by atoms with Crippen molar-refractivity contribution in [2.45, 2.75) is 39.2 Å². The molecule has 6 heteroatoms. The van der Waals surface area contributed by atoms with Gasteiger partial charge < -0.3 is 25.4 Å². The Hall–Kier alpha value is -4.84. The maximum absolute atomic E-state index is 10.2. The van der Waals surface area contributed by atoms with E-state index in [0.717, 1.165) is 6.54 Å². The molecule has 0 spiro atoms. The number of nitrogens with zero attached hydrogens (tertiary/aromatic N) is 3. The van der Waals surface area contributed by atoms with Crippen LogP contribution in [0.15, 0.2) is 91.0 Å². The van der Waals surface area contributed by atoms with E-state index in [1.54, 1.807) is 0 Å². The van der Waals surface area contributed by atoms with Gasteiger partial charge in [-0.3, -0.25) is 0 Å². The van der Waals surface area contributed by atoms with E-state index in [9.17, 15) is 9.90 Å². The number of rotatable bonds is 8. The summed E-state index contributed by atoms with van der Waals surface area (Å²) in [5.41, 5.74) is 13.6. The van der Waals surface area contributed by atoms with Crippen molar-refractivity contribution in [1.82, 2.24) is 0 Å². The molecule has 0 aliphatic carbocycles. The highest BCUT2D eigenvalue weighted by Crippen LogP contribution is 2.22. The zero-order valence-electron chi connectivity index (χ0n) is 25.6. The second-order valence-corrected chi connectivity index (χ2v) is 11.3. The summed E-state index contributed by atoms with van der Waals surface area (Å²) in [4.78, 5) is 15.1. The average Bonchev–Trinajstić information content (AvgIpc) is 3.80. The van der Waals surface area contributed by atoms with Gasteiger partial charge in [0.1, 0.15) is 6.54 Å². The molecule has 4 aromatic rings. The van der Waals surface area contributed by atoms with Gasteiger partial charge in [0.05, 0.1) is 5.97 Å². The van der Waals surface area contributed by atoms with Crippen molar-refractivity contribution in [3.05, 3.63) is 119 Å². The maximum Gasteiger partial charge on any atom is 0.205 e. The Bertz CT molecular complexity index is 1480. The van der Waals surface area contributed by atoms with Gasteiger partial charge in [-0.25, -0.2) is 0 Å². The summed E-state index contributed by atoms with van der Waals surface area (Å²) >= 11 is 0. The lowest BCUT2D eigenvalue weighted by Crippen LogP contribution is -2.38. The number of aromatic nitrogens is 1. The van der Waals surface area contributed by atoms with Crippen LogP contribution < -0.4 is 25.2 Å². The molecule has 3 heterocycles. The van der Waals surface area contributed by atoms with Crippen LogP contribution in [0.2, 0.25) is 0 Å². The molecule has 6 rings (SSSR count). The third-order valence-corrected chi connectivity index (χ3v) is 8.24. The minimum Gasteiger partial charge on any atom is -0.545 e. The first kappa shape index (κ1) is 30.6. The Morgan fingerprint density at radius 2 is 1.11 bits per heavy atom. The summed E-state index contributed by atoms with van der Waals surface area (Å²) in [5.74, 6) is -1.18. The van der Waals surface area contributed by atoms with Crippen molar-refractivity contribution in [1.29, 1.82) is 0 Å². The molecular weight excluding hydrogens is 544 g/mol. The van der Waals surface area contributed by atoms with E-state index < -0.39 is 5.97 Å². The first-order valence-corrected chi connectivity index (χ1v) is 15.7. The summed E-state index contributed by atoms with van der Waals surface area (Å²) in [6.45, 7) is 7.90. The Labute approximate surface area is 261 Å². The first-order valence-electron chi connectivity index (χ1n) is 15.7. The lowest BCUT2D eigenvalue weighted by molar-refractivity contribution is -0.696. The van der Waals surface area contributed by atoms with Crippen molar-refractivity contribution in [3.63, 3.8) is 0 Å². The monoisotopic (exact) mass is 586 g/mol. The number of carboxylic acid groups (broad SMARTS) is 1. The number of carboxylic acids is 1. The zero-order chi connectivity index (χ0) is 30.7. The Morgan fingerprint density at radius 3 is 1.50 bits per heavy atom. The van der Waals surface area contributed by atoms with Crippen LogP contribution in [0.5, 0.6) is 0 Å². The number of aromatic carboxylic acids is 1. The van der Waals surface area contributed by atoms with E-state index >= 15 is 0 Å². The molecule has 0 saturated carbocycles. The SMILES string of the molecule is CC[n+]1c(/C=C/c2ccc(N3CCCC3)cc2)cccc1/C=C/c1ccc(N2CCCC2)cc1.Nc1ccc(C(=O)[O-])cc1. The van der Waals surface area contributed by atoms with Gasteiger partial charge in [-0.05, 0) is 104 Å². The van der Waals surface area contributed by atoms with Crippen molar-refractivity contribution in [2.75, 3.05) is 41.7 Å². The number of nitrogen functional groups attached to an aromatic ring is 1. The van der Waals surface area contributed by atoms with Gasteiger partial charge in [0.15, 0.2) is 0 Å². The molecular formula is C38H42N4O2. The van der Waals surface area contributed by atoms with Gasteiger partial charge in [-0.2, -0.15) is 4.57 Å². The highest BCUT2D eigenvalue weighted by molar-refractivity contribution is 5.86. The van der Waals surface area contributed by atoms with E-state index in [-0.39, 0.29) is 5.56 Å². The van der Waals surface area contributed by atoms with E-state index in [1.165, 1.54) is 110 Å². The molecule has 2 aliphatic rings. The summed E-state index contributed by atoms with van der Waals surface area (Å²) in [7, 11) is 0. The van der Waals surface area contributed by atoms with Crippen LogP contribution in [-0.2, 0) is 6.54 Å². The van der Waals surface area contributed by atoms with Crippen LogP contribution in [0.1, 0.15) is 65.5 Å². The first-order chi connectivity index (χ1) is 21.5. The molecule has 2 aliphatic heterocycles. The normalized spacial score (nSPS) is 14.8. The molecule has 2 fully saturated rings. The second-order valence-electron chi connectivity index (χ2n) is 11.3. The molecule has 3 aromatic carbocycles. The Balaban J connectivity index is 0.000000328. The fourth-order valence-electron chi connectivity index (χ4n) is 5.76. The number of hydrogen-bond acceptors (Lipinski definition) is 5. The zero-order valence-corrected chi connectivity index (χ0v) is 25.6. The molecule has 0 unspecified atom stereocenters. The van der Waals surface area contributed by atoms with Crippen molar-refractivity contribution in [2.24, 2.45) is 0 Å². The highest BCUT2D eigenvalue weighted by Gasteiger charge is 2.13. The summed E-state index contributed by atoms with van der Waals surface area (Å²) in [5, 5.41) is 10.2. The molecule has 0 bridgehead atoms. The third kappa shape index (κ3) is 8.16. The molecule has 2 N–H and O–H groups in total. The molecule has 1 aromatic heterocycles. The van der Waals surface area contributed by atoms with Crippen LogP contribution in [0.4, 0.5) is 17.1 Å². The van der Waals surface area contributed by atoms with Gasteiger partial charge in [0.2, 0.25) is 11.4 Å². The van der Waals surface area contributed by atoms with Crippen LogP contribution in [0.25, 0.3) is 24.3 Å². The summed E-state index contributed by atoms with van der Waals surface area (Å²) in [6.07, 6.45) is 14.2. The smallest absolute Gasteiger partial charge is 0.205 e. The van der Waals surface area contributed by atoms with E-state index in [1.807, 2.05) is 0 Å². The predicted molar refractivity (Wildman–Crippen MR) is 181 cm³/mol.